The van der Waals surface area contributed by atoms with Crippen molar-refractivity contribution < 1.29 is 14.7 Å². The van der Waals surface area contributed by atoms with Gasteiger partial charge in [0.15, 0.2) is 0 Å². The number of carbonyl (C=O) groups is 2. The molecule has 1 heterocycles. The van der Waals surface area contributed by atoms with Crippen molar-refractivity contribution in [2.24, 2.45) is 0 Å². The summed E-state index contributed by atoms with van der Waals surface area (Å²) < 4.78 is 0. The largest absolute Gasteiger partial charge is 0.508 e. The maximum absolute atomic E-state index is 12.3. The number of benzene rings is 1. The van der Waals surface area contributed by atoms with Crippen molar-refractivity contribution in [3.63, 3.8) is 0 Å². The lowest BCUT2D eigenvalue weighted by Crippen LogP contribution is -2.46. The maximum Gasteiger partial charge on any atom is 0.255 e. The van der Waals surface area contributed by atoms with Gasteiger partial charge in [-0.05, 0) is 31.0 Å². The number of phenols is 1. The highest BCUT2D eigenvalue weighted by Gasteiger charge is 2.25. The summed E-state index contributed by atoms with van der Waals surface area (Å²) in [6.45, 7) is 2.62. The first-order chi connectivity index (χ1) is 9.47. The van der Waals surface area contributed by atoms with Gasteiger partial charge in [0.2, 0.25) is 5.91 Å². The summed E-state index contributed by atoms with van der Waals surface area (Å²) in [6, 6.07) is 4.46. The number of piperidine rings is 1. The number of hydrogen-bond donors (Lipinski definition) is 2. The van der Waals surface area contributed by atoms with Crippen LogP contribution in [-0.2, 0) is 4.79 Å². The highest BCUT2D eigenvalue weighted by molar-refractivity contribution is 6.33. The number of nitrogens with one attached hydrogen (secondary N) is 1. The van der Waals surface area contributed by atoms with E-state index < -0.39 is 0 Å². The molecule has 108 valence electrons. The molecule has 1 aliphatic heterocycles. The van der Waals surface area contributed by atoms with Crippen molar-refractivity contribution >= 4 is 23.4 Å². The van der Waals surface area contributed by atoms with Gasteiger partial charge in [0.05, 0.1) is 10.6 Å². The van der Waals surface area contributed by atoms with Crippen LogP contribution in [0.25, 0.3) is 0 Å². The van der Waals surface area contributed by atoms with Crippen LogP contribution in [-0.4, -0.2) is 41.0 Å². The van der Waals surface area contributed by atoms with Crippen LogP contribution in [0.2, 0.25) is 5.02 Å². The number of likely N-dealkylation sites (tertiary alicyclic amines) is 1. The molecule has 20 heavy (non-hydrogen) atoms. The summed E-state index contributed by atoms with van der Waals surface area (Å²) >= 11 is 5.99. The van der Waals surface area contributed by atoms with E-state index in [2.05, 4.69) is 5.32 Å². The molecule has 0 atom stereocenters. The second-order valence-electron chi connectivity index (χ2n) is 4.93. The Morgan fingerprint density at radius 1 is 1.35 bits per heavy atom. The summed E-state index contributed by atoms with van der Waals surface area (Å²) in [7, 11) is 0. The number of rotatable bonds is 2. The van der Waals surface area contributed by atoms with Gasteiger partial charge in [-0.15, -0.1) is 0 Å². The topological polar surface area (TPSA) is 69.6 Å². The van der Waals surface area contributed by atoms with Gasteiger partial charge in [-0.2, -0.15) is 0 Å². The van der Waals surface area contributed by atoms with Crippen LogP contribution in [0.1, 0.15) is 30.1 Å². The van der Waals surface area contributed by atoms with Gasteiger partial charge in [-0.3, -0.25) is 9.59 Å². The third kappa shape index (κ3) is 3.42. The van der Waals surface area contributed by atoms with E-state index in [1.807, 2.05) is 0 Å². The SMILES string of the molecule is CC(=O)NC1CCN(C(=O)c2cc(O)ccc2Cl)CC1. The molecule has 0 bridgehead atoms. The average Bonchev–Trinajstić information content (AvgIpc) is 2.41. The van der Waals surface area contributed by atoms with Gasteiger partial charge in [0.25, 0.3) is 5.91 Å². The molecular weight excluding hydrogens is 280 g/mol. The van der Waals surface area contributed by atoms with Crippen molar-refractivity contribution in [2.75, 3.05) is 13.1 Å². The number of nitrogens with zero attached hydrogens (tertiary/aromatic N) is 1. The van der Waals surface area contributed by atoms with Crippen LogP contribution in [0.5, 0.6) is 5.75 Å². The van der Waals surface area contributed by atoms with Gasteiger partial charge in [0.1, 0.15) is 5.75 Å². The zero-order valence-electron chi connectivity index (χ0n) is 11.2. The first kappa shape index (κ1) is 14.7. The van der Waals surface area contributed by atoms with Crippen molar-refractivity contribution in [2.45, 2.75) is 25.8 Å². The molecule has 0 saturated carbocycles. The van der Waals surface area contributed by atoms with Crippen LogP contribution >= 0.6 is 11.6 Å². The van der Waals surface area contributed by atoms with Crippen molar-refractivity contribution in [1.29, 1.82) is 0 Å². The van der Waals surface area contributed by atoms with Crippen molar-refractivity contribution in [3.05, 3.63) is 28.8 Å². The summed E-state index contributed by atoms with van der Waals surface area (Å²) in [5.74, 6) is -0.219. The molecule has 1 fully saturated rings. The summed E-state index contributed by atoms with van der Waals surface area (Å²) in [4.78, 5) is 25.0. The van der Waals surface area contributed by atoms with Crippen LogP contribution < -0.4 is 5.32 Å². The number of aromatic hydroxyl groups is 1. The fourth-order valence-electron chi connectivity index (χ4n) is 2.36. The Bertz CT molecular complexity index is 525. The van der Waals surface area contributed by atoms with E-state index in [9.17, 15) is 14.7 Å². The number of carbonyl (C=O) groups excluding carboxylic acids is 2. The van der Waals surface area contributed by atoms with Gasteiger partial charge in [-0.1, -0.05) is 11.6 Å². The molecule has 2 rings (SSSR count). The van der Waals surface area contributed by atoms with E-state index in [1.165, 1.54) is 25.1 Å². The third-order valence-electron chi connectivity index (χ3n) is 3.37. The molecular formula is C14H17ClN2O3. The molecule has 0 spiro atoms. The van der Waals surface area contributed by atoms with E-state index in [4.69, 9.17) is 11.6 Å². The van der Waals surface area contributed by atoms with E-state index >= 15 is 0 Å². The monoisotopic (exact) mass is 296 g/mol. The first-order valence-corrected chi connectivity index (χ1v) is 6.90. The fraction of sp³-hybridized carbons (Fsp3) is 0.429. The second-order valence-corrected chi connectivity index (χ2v) is 5.34. The molecule has 1 saturated heterocycles. The minimum absolute atomic E-state index is 0.0193. The van der Waals surface area contributed by atoms with Crippen LogP contribution in [0.3, 0.4) is 0 Å². The molecule has 1 aromatic carbocycles. The number of halogens is 1. The minimum Gasteiger partial charge on any atom is -0.508 e. The molecule has 6 heteroatoms. The standard InChI is InChI=1S/C14H17ClN2O3/c1-9(18)16-10-4-6-17(7-5-10)14(20)12-8-11(19)2-3-13(12)15/h2-3,8,10,19H,4-7H2,1H3,(H,16,18). The van der Waals surface area contributed by atoms with Crippen LogP contribution in [0.4, 0.5) is 0 Å². The summed E-state index contributed by atoms with van der Waals surface area (Å²) in [5.41, 5.74) is 0.310. The zero-order valence-corrected chi connectivity index (χ0v) is 12.0. The van der Waals surface area contributed by atoms with Gasteiger partial charge in [-0.25, -0.2) is 0 Å². The summed E-state index contributed by atoms with van der Waals surface area (Å²) in [5, 5.41) is 12.6. The Labute approximate surface area is 122 Å². The Morgan fingerprint density at radius 2 is 2.00 bits per heavy atom. The number of hydrogen-bond acceptors (Lipinski definition) is 3. The highest BCUT2D eigenvalue weighted by atomic mass is 35.5. The molecule has 2 N–H and O–H groups in total. The van der Waals surface area contributed by atoms with E-state index in [0.717, 1.165) is 12.8 Å². The van der Waals surface area contributed by atoms with Crippen LogP contribution in [0.15, 0.2) is 18.2 Å². The number of phenolic OH excluding ortho intramolecular Hbond substituents is 1. The Morgan fingerprint density at radius 3 is 2.60 bits per heavy atom. The summed E-state index contributed by atoms with van der Waals surface area (Å²) in [6.07, 6.45) is 1.45. The lowest BCUT2D eigenvalue weighted by Gasteiger charge is -2.32. The van der Waals surface area contributed by atoms with E-state index in [0.29, 0.717) is 23.7 Å². The van der Waals surface area contributed by atoms with Crippen molar-refractivity contribution in [3.8, 4) is 5.75 Å². The quantitative estimate of drug-likeness (QED) is 0.874. The first-order valence-electron chi connectivity index (χ1n) is 6.52. The Kier molecular flexibility index (Phi) is 4.49. The second kappa shape index (κ2) is 6.13. The molecule has 0 aromatic heterocycles. The Balaban J connectivity index is 2.01. The smallest absolute Gasteiger partial charge is 0.255 e. The lowest BCUT2D eigenvalue weighted by molar-refractivity contribution is -0.119. The number of amides is 2. The molecule has 1 aromatic rings. The van der Waals surface area contributed by atoms with Gasteiger partial charge < -0.3 is 15.3 Å². The lowest BCUT2D eigenvalue weighted by atomic mass is 10.0. The molecule has 0 unspecified atom stereocenters. The molecule has 0 aliphatic carbocycles. The molecule has 5 nitrogen and oxygen atoms in total. The normalized spacial score (nSPS) is 16.0. The van der Waals surface area contributed by atoms with Crippen LogP contribution in [0, 0.1) is 0 Å². The molecule has 0 radical (unpaired) electrons. The fourth-order valence-corrected chi connectivity index (χ4v) is 2.56. The predicted molar refractivity (Wildman–Crippen MR) is 75.9 cm³/mol. The molecule has 2 amide bonds. The predicted octanol–water partition coefficient (Wildman–Crippen LogP) is 1.79. The zero-order chi connectivity index (χ0) is 14.7. The van der Waals surface area contributed by atoms with Gasteiger partial charge in [0, 0.05) is 26.1 Å². The Hall–Kier alpha value is -1.75. The average molecular weight is 297 g/mol. The third-order valence-corrected chi connectivity index (χ3v) is 3.70. The molecule has 1 aliphatic rings. The van der Waals surface area contributed by atoms with Crippen molar-refractivity contribution in [1.82, 2.24) is 10.2 Å². The van der Waals surface area contributed by atoms with E-state index in [1.54, 1.807) is 4.90 Å². The maximum atomic E-state index is 12.3. The van der Waals surface area contributed by atoms with Gasteiger partial charge >= 0.3 is 0 Å². The highest BCUT2D eigenvalue weighted by Crippen LogP contribution is 2.24. The van der Waals surface area contributed by atoms with E-state index in [-0.39, 0.29) is 23.6 Å². The minimum atomic E-state index is -0.188.